The molecule has 9 heteroatoms. The number of nitrogens with one attached hydrogen (secondary N) is 2. The average Bonchev–Trinajstić information content (AvgIpc) is 3.40. The normalized spacial score (nSPS) is 13.2. The molecule has 202 valence electrons. The Hall–Kier alpha value is -3.74. The molecule has 1 aromatic heterocycles. The van der Waals surface area contributed by atoms with Crippen molar-refractivity contribution in [2.24, 2.45) is 11.7 Å². The molecular weight excluding hydrogens is 481 g/mol. The van der Waals surface area contributed by atoms with Crippen molar-refractivity contribution in [2.75, 3.05) is 50.5 Å². The van der Waals surface area contributed by atoms with E-state index in [4.69, 9.17) is 10.4 Å². The number of benzene rings is 2. The first-order valence-electron chi connectivity index (χ1n) is 13.2. The highest BCUT2D eigenvalue weighted by Crippen LogP contribution is 2.29. The van der Waals surface area contributed by atoms with Crippen LogP contribution in [0.25, 0.3) is 16.9 Å². The molecule has 0 amide bonds. The second kappa shape index (κ2) is 14.9. The SMILES string of the molecule is CN.CNCCN(CC=O)c1ccc(-n2nc(NCC3CCCCC3)cc2-c2ccc(C#N)c(F)c2)cc1. The molecule has 1 heterocycles. The highest BCUT2D eigenvalue weighted by atomic mass is 19.1. The number of rotatable bonds is 11. The molecule has 0 saturated heterocycles. The smallest absolute Gasteiger partial charge is 0.149 e. The molecule has 0 unspecified atom stereocenters. The van der Waals surface area contributed by atoms with E-state index in [2.05, 4.69) is 16.4 Å². The molecule has 1 saturated carbocycles. The van der Waals surface area contributed by atoms with Gasteiger partial charge in [0.1, 0.15) is 24.0 Å². The van der Waals surface area contributed by atoms with Gasteiger partial charge in [0.05, 0.1) is 23.5 Å². The van der Waals surface area contributed by atoms with E-state index in [9.17, 15) is 9.18 Å². The number of halogens is 1. The maximum Gasteiger partial charge on any atom is 0.149 e. The predicted molar refractivity (Wildman–Crippen MR) is 151 cm³/mol. The number of hydrogen-bond acceptors (Lipinski definition) is 7. The number of carbonyl (C=O) groups is 1. The third-order valence-corrected chi connectivity index (χ3v) is 6.78. The first-order chi connectivity index (χ1) is 18.6. The zero-order chi connectivity index (χ0) is 27.3. The van der Waals surface area contributed by atoms with E-state index in [0.29, 0.717) is 24.6 Å². The van der Waals surface area contributed by atoms with E-state index < -0.39 is 5.82 Å². The van der Waals surface area contributed by atoms with Crippen LogP contribution in [-0.2, 0) is 4.79 Å². The van der Waals surface area contributed by atoms with Crippen molar-refractivity contribution in [3.8, 4) is 23.0 Å². The van der Waals surface area contributed by atoms with Crippen LogP contribution in [0.4, 0.5) is 15.9 Å². The summed E-state index contributed by atoms with van der Waals surface area (Å²) < 4.78 is 16.3. The van der Waals surface area contributed by atoms with E-state index in [1.54, 1.807) is 10.7 Å². The Morgan fingerprint density at radius 3 is 2.53 bits per heavy atom. The summed E-state index contributed by atoms with van der Waals surface area (Å²) in [5, 5.41) is 20.5. The van der Waals surface area contributed by atoms with Crippen molar-refractivity contribution < 1.29 is 9.18 Å². The van der Waals surface area contributed by atoms with E-state index in [-0.39, 0.29) is 5.56 Å². The van der Waals surface area contributed by atoms with Gasteiger partial charge in [-0.05, 0) is 69.3 Å². The van der Waals surface area contributed by atoms with Crippen molar-refractivity contribution >= 4 is 17.8 Å². The second-order valence-electron chi connectivity index (χ2n) is 9.25. The zero-order valence-corrected chi connectivity index (χ0v) is 22.3. The molecule has 8 nitrogen and oxygen atoms in total. The van der Waals surface area contributed by atoms with Gasteiger partial charge < -0.3 is 26.1 Å². The molecule has 3 aromatic rings. The number of hydrogen-bond donors (Lipinski definition) is 3. The van der Waals surface area contributed by atoms with E-state index in [1.807, 2.05) is 48.3 Å². The molecule has 1 aliphatic rings. The van der Waals surface area contributed by atoms with Gasteiger partial charge in [-0.25, -0.2) is 9.07 Å². The Morgan fingerprint density at radius 1 is 1.16 bits per heavy atom. The fraction of sp³-hybridized carbons (Fsp3) is 0.414. The Labute approximate surface area is 224 Å². The summed E-state index contributed by atoms with van der Waals surface area (Å²) in [6.07, 6.45) is 7.23. The lowest BCUT2D eigenvalue weighted by Gasteiger charge is -2.22. The minimum Gasteiger partial charge on any atom is -0.368 e. The molecule has 0 aliphatic heterocycles. The number of nitrogens with two attached hydrogens (primary N) is 1. The van der Waals surface area contributed by atoms with Gasteiger partial charge in [0.25, 0.3) is 0 Å². The Bertz CT molecular complexity index is 1200. The van der Waals surface area contributed by atoms with Gasteiger partial charge in [-0.1, -0.05) is 25.3 Å². The number of nitriles is 1. The first-order valence-corrected chi connectivity index (χ1v) is 13.2. The molecule has 0 spiro atoms. The molecular formula is C29H38FN7O. The molecule has 0 bridgehead atoms. The fourth-order valence-corrected chi connectivity index (χ4v) is 4.74. The van der Waals surface area contributed by atoms with Crippen LogP contribution in [0.2, 0.25) is 0 Å². The van der Waals surface area contributed by atoms with Crippen LogP contribution in [-0.4, -0.2) is 56.3 Å². The second-order valence-corrected chi connectivity index (χ2v) is 9.25. The lowest BCUT2D eigenvalue weighted by molar-refractivity contribution is -0.106. The van der Waals surface area contributed by atoms with Crippen molar-refractivity contribution in [1.29, 1.82) is 5.26 Å². The van der Waals surface area contributed by atoms with Crippen LogP contribution in [0.15, 0.2) is 48.5 Å². The number of aromatic nitrogens is 2. The molecule has 1 fully saturated rings. The van der Waals surface area contributed by atoms with Crippen molar-refractivity contribution in [3.63, 3.8) is 0 Å². The largest absolute Gasteiger partial charge is 0.368 e. The maximum atomic E-state index is 14.5. The summed E-state index contributed by atoms with van der Waals surface area (Å²) in [7, 11) is 3.38. The standard InChI is InChI=1S/C28H33FN6O.CH5N/c1-31-13-14-34(15-16-36)24-9-11-25(12-10-24)35-27(22-7-8-23(19-30)26(29)17-22)18-28(33-35)32-20-21-5-3-2-4-6-21;1-2/h7-12,16-18,21,31H,2-6,13-15,20H2,1H3,(H,32,33);2H2,1H3. The highest BCUT2D eigenvalue weighted by Gasteiger charge is 2.17. The van der Waals surface area contributed by atoms with Gasteiger partial charge >= 0.3 is 0 Å². The van der Waals surface area contributed by atoms with E-state index in [1.165, 1.54) is 51.3 Å². The molecule has 4 rings (SSSR count). The van der Waals surface area contributed by atoms with Gasteiger partial charge in [-0.15, -0.1) is 5.10 Å². The lowest BCUT2D eigenvalue weighted by atomic mass is 9.89. The van der Waals surface area contributed by atoms with Gasteiger partial charge in [-0.2, -0.15) is 5.26 Å². The minimum atomic E-state index is -0.552. The van der Waals surface area contributed by atoms with E-state index >= 15 is 0 Å². The van der Waals surface area contributed by atoms with Crippen LogP contribution < -0.4 is 21.3 Å². The topological polar surface area (TPSA) is 112 Å². The molecule has 0 atom stereocenters. The predicted octanol–water partition coefficient (Wildman–Crippen LogP) is 4.34. The fourth-order valence-electron chi connectivity index (χ4n) is 4.74. The van der Waals surface area contributed by atoms with Crippen LogP contribution in [0.5, 0.6) is 0 Å². The number of nitrogens with zero attached hydrogens (tertiary/aromatic N) is 4. The molecule has 38 heavy (non-hydrogen) atoms. The molecule has 4 N–H and O–H groups in total. The third-order valence-electron chi connectivity index (χ3n) is 6.78. The summed E-state index contributed by atoms with van der Waals surface area (Å²) in [6.45, 7) is 2.65. The summed E-state index contributed by atoms with van der Waals surface area (Å²) in [5.74, 6) is 0.824. The number of aldehydes is 1. The van der Waals surface area contributed by atoms with Gasteiger partial charge in [0.2, 0.25) is 0 Å². The minimum absolute atomic E-state index is 0.0154. The zero-order valence-electron chi connectivity index (χ0n) is 22.3. The quantitative estimate of drug-likeness (QED) is 0.323. The van der Waals surface area contributed by atoms with Crippen molar-refractivity contribution in [2.45, 2.75) is 32.1 Å². The van der Waals surface area contributed by atoms with E-state index in [0.717, 1.165) is 42.3 Å². The summed E-state index contributed by atoms with van der Waals surface area (Å²) in [6, 6.07) is 16.3. The van der Waals surface area contributed by atoms with Gasteiger partial charge in [-0.3, -0.25) is 0 Å². The van der Waals surface area contributed by atoms with Crippen LogP contribution in [0.3, 0.4) is 0 Å². The average molecular weight is 520 g/mol. The van der Waals surface area contributed by atoms with Crippen LogP contribution in [0.1, 0.15) is 37.7 Å². The molecule has 0 radical (unpaired) electrons. The monoisotopic (exact) mass is 519 g/mol. The molecule has 2 aromatic carbocycles. The summed E-state index contributed by atoms with van der Waals surface area (Å²) in [4.78, 5) is 13.2. The third kappa shape index (κ3) is 7.40. The number of likely N-dealkylation sites (N-methyl/N-ethyl adjacent to an activating group) is 1. The maximum absolute atomic E-state index is 14.5. The Balaban J connectivity index is 0.00000195. The highest BCUT2D eigenvalue weighted by molar-refractivity contribution is 5.68. The lowest BCUT2D eigenvalue weighted by Crippen LogP contribution is -2.32. The summed E-state index contributed by atoms with van der Waals surface area (Å²) >= 11 is 0. The first kappa shape index (κ1) is 28.8. The number of carbonyl (C=O) groups excluding carboxylic acids is 1. The summed E-state index contributed by atoms with van der Waals surface area (Å²) in [5.41, 5.74) is 7.66. The molecule has 1 aliphatic carbocycles. The van der Waals surface area contributed by atoms with Gasteiger partial charge in [0, 0.05) is 37.0 Å². The van der Waals surface area contributed by atoms with Crippen molar-refractivity contribution in [3.05, 3.63) is 59.9 Å². The van der Waals surface area contributed by atoms with Crippen molar-refractivity contribution in [1.82, 2.24) is 15.1 Å². The number of anilines is 2. The van der Waals surface area contributed by atoms with Crippen LogP contribution >= 0.6 is 0 Å². The van der Waals surface area contributed by atoms with Crippen LogP contribution in [0, 0.1) is 23.1 Å². The Morgan fingerprint density at radius 2 is 1.89 bits per heavy atom. The Kier molecular flexibility index (Phi) is 11.3. The van der Waals surface area contributed by atoms with Gasteiger partial charge in [0.15, 0.2) is 0 Å².